The maximum absolute atomic E-state index is 12.2. The summed E-state index contributed by atoms with van der Waals surface area (Å²) in [5.74, 6) is -1.10. The van der Waals surface area contributed by atoms with Gasteiger partial charge in [-0.05, 0) is 17.2 Å². The van der Waals surface area contributed by atoms with E-state index in [1.165, 1.54) is 12.1 Å². The minimum atomic E-state index is -4.39. The molecule has 1 N–H and O–H groups in total. The molecule has 3 nitrogen and oxygen atoms in total. The van der Waals surface area contributed by atoms with E-state index in [-0.39, 0.29) is 17.5 Å². The molecule has 0 fully saturated rings. The Hall–Kier alpha value is -2.03. The highest BCUT2D eigenvalue weighted by Gasteiger charge is 2.28. The van der Waals surface area contributed by atoms with Gasteiger partial charge in [-0.3, -0.25) is 4.79 Å². The highest BCUT2D eigenvalue weighted by atomic mass is 19.4. The molecule has 0 radical (unpaired) electrons. The number of carboxylic acid groups (broad SMARTS) is 1. The van der Waals surface area contributed by atoms with Gasteiger partial charge in [0.1, 0.15) is 0 Å². The minimum absolute atomic E-state index is 0.138. The molecule has 0 bridgehead atoms. The van der Waals surface area contributed by atoms with Gasteiger partial charge in [0.15, 0.2) is 0 Å². The van der Waals surface area contributed by atoms with Gasteiger partial charge in [0, 0.05) is 0 Å². The molecule has 0 aliphatic carbocycles. The number of hydrogen-bond donors (Lipinski definition) is 1. The fourth-order valence-electron chi connectivity index (χ4n) is 1.38. The molecule has 0 saturated carbocycles. The van der Waals surface area contributed by atoms with E-state index in [2.05, 4.69) is 0 Å². The second kappa shape index (κ2) is 4.87. The summed E-state index contributed by atoms with van der Waals surface area (Å²) >= 11 is 0. The van der Waals surface area contributed by atoms with Crippen LogP contribution in [0.3, 0.4) is 0 Å². The number of carbonyl (C=O) groups is 1. The number of aliphatic carboxylic acids is 1. The van der Waals surface area contributed by atoms with Crippen LogP contribution < -0.4 is 0 Å². The smallest absolute Gasteiger partial charge is 0.393 e. The average Bonchev–Trinajstić information content (AvgIpc) is 2.17. The van der Waals surface area contributed by atoms with Crippen molar-refractivity contribution in [2.75, 3.05) is 0 Å². The molecule has 90 valence electrons. The third kappa shape index (κ3) is 4.15. The van der Waals surface area contributed by atoms with Crippen molar-refractivity contribution in [1.29, 1.82) is 5.26 Å². The van der Waals surface area contributed by atoms with Crippen molar-refractivity contribution >= 4 is 5.97 Å². The molecule has 0 aromatic heterocycles. The van der Waals surface area contributed by atoms with Gasteiger partial charge in [-0.2, -0.15) is 18.4 Å². The zero-order valence-corrected chi connectivity index (χ0v) is 8.58. The van der Waals surface area contributed by atoms with Crippen molar-refractivity contribution in [2.24, 2.45) is 0 Å². The van der Waals surface area contributed by atoms with Gasteiger partial charge < -0.3 is 5.11 Å². The maximum Gasteiger partial charge on any atom is 0.393 e. The normalized spacial score (nSPS) is 10.9. The van der Waals surface area contributed by atoms with E-state index in [9.17, 15) is 18.0 Å². The van der Waals surface area contributed by atoms with E-state index >= 15 is 0 Å². The lowest BCUT2D eigenvalue weighted by atomic mass is 10.0. The summed E-state index contributed by atoms with van der Waals surface area (Å²) < 4.78 is 36.5. The summed E-state index contributed by atoms with van der Waals surface area (Å²) in [6.07, 6.45) is -5.90. The predicted molar refractivity (Wildman–Crippen MR) is 52.3 cm³/mol. The molecule has 0 amide bonds. The Balaban J connectivity index is 3.02. The Morgan fingerprint density at radius 3 is 2.53 bits per heavy atom. The van der Waals surface area contributed by atoms with Crippen LogP contribution in [-0.4, -0.2) is 17.3 Å². The molecule has 0 atom stereocenters. The number of nitrogens with zero attached hydrogens (tertiary/aromatic N) is 1. The fraction of sp³-hybridized carbons (Fsp3) is 0.273. The van der Waals surface area contributed by atoms with Crippen molar-refractivity contribution in [3.05, 3.63) is 34.9 Å². The monoisotopic (exact) mass is 243 g/mol. The first kappa shape index (κ1) is 13.0. The zero-order valence-electron chi connectivity index (χ0n) is 8.58. The molecule has 1 aromatic rings. The summed E-state index contributed by atoms with van der Waals surface area (Å²) in [4.78, 5) is 10.4. The van der Waals surface area contributed by atoms with Gasteiger partial charge in [-0.1, -0.05) is 12.1 Å². The molecule has 0 spiro atoms. The van der Waals surface area contributed by atoms with E-state index in [0.29, 0.717) is 5.56 Å². The van der Waals surface area contributed by atoms with Gasteiger partial charge in [0.25, 0.3) is 0 Å². The molecule has 0 saturated heterocycles. The van der Waals surface area contributed by atoms with Crippen molar-refractivity contribution < 1.29 is 23.1 Å². The topological polar surface area (TPSA) is 61.1 Å². The van der Waals surface area contributed by atoms with Crippen LogP contribution in [0, 0.1) is 11.3 Å². The van der Waals surface area contributed by atoms with Crippen LogP contribution >= 0.6 is 0 Å². The number of nitriles is 1. The Morgan fingerprint density at radius 2 is 2.06 bits per heavy atom. The highest BCUT2D eigenvalue weighted by molar-refractivity contribution is 5.70. The quantitative estimate of drug-likeness (QED) is 0.885. The molecular formula is C11H8F3NO2. The number of rotatable bonds is 3. The van der Waals surface area contributed by atoms with Gasteiger partial charge in [-0.25, -0.2) is 0 Å². The summed E-state index contributed by atoms with van der Waals surface area (Å²) in [7, 11) is 0. The molecule has 0 heterocycles. The van der Waals surface area contributed by atoms with Crippen LogP contribution in [-0.2, 0) is 17.6 Å². The van der Waals surface area contributed by atoms with Crippen LogP contribution in [0.15, 0.2) is 18.2 Å². The second-order valence-electron chi connectivity index (χ2n) is 3.47. The van der Waals surface area contributed by atoms with Crippen LogP contribution in [0.4, 0.5) is 13.2 Å². The Morgan fingerprint density at radius 1 is 1.41 bits per heavy atom. The molecule has 0 aliphatic heterocycles. The third-order valence-electron chi connectivity index (χ3n) is 2.04. The van der Waals surface area contributed by atoms with E-state index in [1.807, 2.05) is 0 Å². The van der Waals surface area contributed by atoms with E-state index < -0.39 is 18.6 Å². The Bertz CT molecular complexity index is 475. The molecule has 6 heteroatoms. The first-order valence-electron chi connectivity index (χ1n) is 4.62. The van der Waals surface area contributed by atoms with Gasteiger partial charge in [0.2, 0.25) is 0 Å². The summed E-state index contributed by atoms with van der Waals surface area (Å²) in [6.45, 7) is 0. The van der Waals surface area contributed by atoms with E-state index in [4.69, 9.17) is 10.4 Å². The predicted octanol–water partition coefficient (Wildman–Crippen LogP) is 2.29. The number of alkyl halides is 3. The lowest BCUT2D eigenvalue weighted by Crippen LogP contribution is -2.13. The number of hydrogen-bond acceptors (Lipinski definition) is 2. The standard InChI is InChI=1S/C11H8F3NO2/c12-11(13,14)5-8-2-1-7(4-10(16)17)3-9(8)6-15/h1-3H,4-5H2,(H,16,17). The first-order valence-corrected chi connectivity index (χ1v) is 4.62. The summed E-state index contributed by atoms with van der Waals surface area (Å²) in [6, 6.07) is 5.25. The number of halogens is 3. The van der Waals surface area contributed by atoms with Crippen molar-refractivity contribution in [3.63, 3.8) is 0 Å². The SMILES string of the molecule is N#Cc1cc(CC(=O)O)ccc1CC(F)(F)F. The van der Waals surface area contributed by atoms with E-state index in [0.717, 1.165) is 6.07 Å². The maximum atomic E-state index is 12.2. The van der Waals surface area contributed by atoms with Crippen molar-refractivity contribution in [3.8, 4) is 6.07 Å². The summed E-state index contributed by atoms with van der Waals surface area (Å²) in [5.41, 5.74) is 0.0233. The van der Waals surface area contributed by atoms with E-state index in [1.54, 1.807) is 6.07 Å². The number of benzene rings is 1. The molecule has 0 unspecified atom stereocenters. The van der Waals surface area contributed by atoms with Gasteiger partial charge in [-0.15, -0.1) is 0 Å². The summed E-state index contributed by atoms with van der Waals surface area (Å²) in [5, 5.41) is 17.2. The molecular weight excluding hydrogens is 235 g/mol. The second-order valence-corrected chi connectivity index (χ2v) is 3.47. The Labute approximate surface area is 95.1 Å². The fourth-order valence-corrected chi connectivity index (χ4v) is 1.38. The average molecular weight is 243 g/mol. The van der Waals surface area contributed by atoms with Crippen molar-refractivity contribution in [2.45, 2.75) is 19.0 Å². The van der Waals surface area contributed by atoms with Crippen LogP contribution in [0.25, 0.3) is 0 Å². The minimum Gasteiger partial charge on any atom is -0.481 e. The van der Waals surface area contributed by atoms with Crippen LogP contribution in [0.1, 0.15) is 16.7 Å². The zero-order chi connectivity index (χ0) is 13.1. The lowest BCUT2D eigenvalue weighted by molar-refractivity contribution is -0.136. The number of carboxylic acids is 1. The van der Waals surface area contributed by atoms with Crippen LogP contribution in [0.2, 0.25) is 0 Å². The molecule has 1 rings (SSSR count). The molecule has 0 aliphatic rings. The van der Waals surface area contributed by atoms with Gasteiger partial charge in [0.05, 0.1) is 24.5 Å². The van der Waals surface area contributed by atoms with Crippen LogP contribution in [0.5, 0.6) is 0 Å². The third-order valence-corrected chi connectivity index (χ3v) is 2.04. The molecule has 17 heavy (non-hydrogen) atoms. The lowest BCUT2D eigenvalue weighted by Gasteiger charge is -2.08. The Kier molecular flexibility index (Phi) is 3.73. The van der Waals surface area contributed by atoms with Gasteiger partial charge >= 0.3 is 12.1 Å². The first-order chi connectivity index (χ1) is 7.81. The molecule has 1 aromatic carbocycles. The largest absolute Gasteiger partial charge is 0.481 e. The highest BCUT2D eigenvalue weighted by Crippen LogP contribution is 2.24. The van der Waals surface area contributed by atoms with Crippen molar-refractivity contribution in [1.82, 2.24) is 0 Å².